The van der Waals surface area contributed by atoms with Gasteiger partial charge >= 0.3 is 0 Å². The minimum absolute atomic E-state index is 0.0123. The van der Waals surface area contributed by atoms with Crippen LogP contribution in [0, 0.1) is 10.1 Å². The second kappa shape index (κ2) is 3.80. The van der Waals surface area contributed by atoms with Gasteiger partial charge in [0.25, 0.3) is 5.69 Å². The topological polar surface area (TPSA) is 74.5 Å². The Morgan fingerprint density at radius 2 is 2.38 bits per heavy atom. The Balaban J connectivity index is 2.22. The summed E-state index contributed by atoms with van der Waals surface area (Å²) >= 11 is 0. The van der Waals surface area contributed by atoms with Gasteiger partial charge < -0.3 is 9.47 Å². The average Bonchev–Trinajstić information content (AvgIpc) is 2.59. The molecule has 0 unspecified atom stereocenters. The minimum atomic E-state index is -0.656. The molecule has 1 aliphatic rings. The Morgan fingerprint density at radius 1 is 1.62 bits per heavy atom. The van der Waals surface area contributed by atoms with Gasteiger partial charge in [0.2, 0.25) is 0 Å². The van der Waals surface area contributed by atoms with Crippen molar-refractivity contribution in [2.24, 2.45) is 0 Å². The molecule has 0 amide bonds. The van der Waals surface area contributed by atoms with Crippen LogP contribution in [0.3, 0.4) is 0 Å². The van der Waals surface area contributed by atoms with Crippen molar-refractivity contribution in [3.63, 3.8) is 0 Å². The summed E-state index contributed by atoms with van der Waals surface area (Å²) in [5.74, 6) is -0.656. The van der Waals surface area contributed by atoms with E-state index >= 15 is 0 Å². The fourth-order valence-electron chi connectivity index (χ4n) is 1.56. The molecule has 1 aliphatic heterocycles. The maximum absolute atomic E-state index is 10.6. The first kappa shape index (κ1) is 11.0. The third-order valence-electron chi connectivity index (χ3n) is 2.31. The molecule has 2 rings (SSSR count). The van der Waals surface area contributed by atoms with E-state index in [9.17, 15) is 10.1 Å². The van der Waals surface area contributed by atoms with E-state index in [-0.39, 0.29) is 11.8 Å². The van der Waals surface area contributed by atoms with Crippen LogP contribution in [-0.2, 0) is 9.47 Å². The van der Waals surface area contributed by atoms with Gasteiger partial charge in [-0.05, 0) is 13.8 Å². The SMILES string of the molecule is CC1(C)OC[C@@H](c2cc([N+](=O)[O-])ccn2)O1. The highest BCUT2D eigenvalue weighted by Gasteiger charge is 2.34. The largest absolute Gasteiger partial charge is 0.347 e. The maximum Gasteiger partial charge on any atom is 0.272 e. The molecule has 1 atom stereocenters. The summed E-state index contributed by atoms with van der Waals surface area (Å²) in [6.07, 6.45) is 1.07. The van der Waals surface area contributed by atoms with Crippen molar-refractivity contribution >= 4 is 5.69 Å². The van der Waals surface area contributed by atoms with Crippen molar-refractivity contribution in [2.75, 3.05) is 6.61 Å². The summed E-state index contributed by atoms with van der Waals surface area (Å²) in [6.45, 7) is 3.95. The zero-order valence-corrected chi connectivity index (χ0v) is 9.04. The molecule has 1 aromatic heterocycles. The summed E-state index contributed by atoms with van der Waals surface area (Å²) in [4.78, 5) is 14.2. The molecule has 86 valence electrons. The Bertz CT molecular complexity index is 419. The van der Waals surface area contributed by atoms with Gasteiger partial charge in [-0.2, -0.15) is 0 Å². The van der Waals surface area contributed by atoms with Crippen molar-refractivity contribution in [3.05, 3.63) is 34.1 Å². The smallest absolute Gasteiger partial charge is 0.272 e. The average molecular weight is 224 g/mol. The van der Waals surface area contributed by atoms with Crippen molar-refractivity contribution in [1.82, 2.24) is 4.98 Å². The van der Waals surface area contributed by atoms with Gasteiger partial charge in [0.05, 0.1) is 17.2 Å². The molecule has 0 bridgehead atoms. The fourth-order valence-corrected chi connectivity index (χ4v) is 1.56. The molecular formula is C10H12N2O4. The minimum Gasteiger partial charge on any atom is -0.347 e. The molecule has 6 heteroatoms. The van der Waals surface area contributed by atoms with Crippen LogP contribution < -0.4 is 0 Å². The van der Waals surface area contributed by atoms with E-state index in [1.54, 1.807) is 13.8 Å². The molecule has 0 saturated carbocycles. The monoisotopic (exact) mass is 224 g/mol. The van der Waals surface area contributed by atoms with Gasteiger partial charge in [-0.15, -0.1) is 0 Å². The quantitative estimate of drug-likeness (QED) is 0.565. The van der Waals surface area contributed by atoms with Crippen LogP contribution in [0.1, 0.15) is 25.6 Å². The number of pyridine rings is 1. The molecule has 1 aromatic rings. The Kier molecular flexibility index (Phi) is 2.61. The van der Waals surface area contributed by atoms with Crippen LogP contribution in [0.4, 0.5) is 5.69 Å². The summed E-state index contributed by atoms with van der Waals surface area (Å²) in [6, 6.07) is 2.76. The van der Waals surface area contributed by atoms with Crippen molar-refractivity contribution in [2.45, 2.75) is 25.7 Å². The summed E-state index contributed by atoms with van der Waals surface area (Å²) < 4.78 is 10.9. The number of aromatic nitrogens is 1. The lowest BCUT2D eigenvalue weighted by molar-refractivity contribution is -0.385. The van der Waals surface area contributed by atoms with Crippen molar-refractivity contribution in [3.8, 4) is 0 Å². The molecule has 0 aromatic carbocycles. The van der Waals surface area contributed by atoms with E-state index in [4.69, 9.17) is 9.47 Å². The number of hydrogen-bond acceptors (Lipinski definition) is 5. The van der Waals surface area contributed by atoms with Crippen LogP contribution in [0.25, 0.3) is 0 Å². The van der Waals surface area contributed by atoms with E-state index in [0.29, 0.717) is 12.3 Å². The summed E-state index contributed by atoms with van der Waals surface area (Å²) in [7, 11) is 0. The number of nitro groups is 1. The predicted octanol–water partition coefficient (Wildman–Crippen LogP) is 1.81. The number of hydrogen-bond donors (Lipinski definition) is 0. The Morgan fingerprint density at radius 3 is 2.94 bits per heavy atom. The number of nitrogens with zero attached hydrogens (tertiary/aromatic N) is 2. The highest BCUT2D eigenvalue weighted by molar-refractivity contribution is 5.30. The van der Waals surface area contributed by atoms with Crippen LogP contribution in [0.5, 0.6) is 0 Å². The first-order chi connectivity index (χ1) is 7.48. The number of rotatable bonds is 2. The molecule has 2 heterocycles. The fraction of sp³-hybridized carbons (Fsp3) is 0.500. The van der Waals surface area contributed by atoms with E-state index < -0.39 is 10.7 Å². The van der Waals surface area contributed by atoms with Crippen LogP contribution in [0.15, 0.2) is 18.3 Å². The number of ether oxygens (including phenoxy) is 2. The lowest BCUT2D eigenvalue weighted by atomic mass is 10.2. The first-order valence-corrected chi connectivity index (χ1v) is 4.90. The van der Waals surface area contributed by atoms with Gasteiger partial charge in [-0.25, -0.2) is 0 Å². The van der Waals surface area contributed by atoms with E-state index in [2.05, 4.69) is 4.98 Å². The molecule has 6 nitrogen and oxygen atoms in total. The molecule has 0 aliphatic carbocycles. The lowest BCUT2D eigenvalue weighted by Gasteiger charge is -2.16. The van der Waals surface area contributed by atoms with Crippen molar-refractivity contribution < 1.29 is 14.4 Å². The molecular weight excluding hydrogens is 212 g/mol. The molecule has 1 fully saturated rings. The van der Waals surface area contributed by atoms with Crippen LogP contribution >= 0.6 is 0 Å². The lowest BCUT2D eigenvalue weighted by Crippen LogP contribution is -2.19. The van der Waals surface area contributed by atoms with Gasteiger partial charge in [0, 0.05) is 18.3 Å². The highest BCUT2D eigenvalue weighted by Crippen LogP contribution is 2.32. The van der Waals surface area contributed by atoms with Crippen LogP contribution in [0.2, 0.25) is 0 Å². The molecule has 0 spiro atoms. The van der Waals surface area contributed by atoms with E-state index in [1.807, 2.05) is 0 Å². The van der Waals surface area contributed by atoms with Gasteiger partial charge in [-0.3, -0.25) is 15.1 Å². The summed E-state index contributed by atoms with van der Waals surface area (Å²) in [5.41, 5.74) is 0.540. The zero-order valence-electron chi connectivity index (χ0n) is 9.04. The first-order valence-electron chi connectivity index (χ1n) is 4.90. The van der Waals surface area contributed by atoms with Crippen LogP contribution in [-0.4, -0.2) is 22.3 Å². The zero-order chi connectivity index (χ0) is 11.8. The highest BCUT2D eigenvalue weighted by atomic mass is 16.7. The molecule has 16 heavy (non-hydrogen) atoms. The normalized spacial score (nSPS) is 23.2. The molecule has 0 N–H and O–H groups in total. The molecule has 1 saturated heterocycles. The third kappa shape index (κ3) is 2.17. The van der Waals surface area contributed by atoms with Gasteiger partial charge in [0.15, 0.2) is 5.79 Å². The summed E-state index contributed by atoms with van der Waals surface area (Å²) in [5, 5.41) is 10.6. The van der Waals surface area contributed by atoms with Gasteiger partial charge in [-0.1, -0.05) is 0 Å². The Labute approximate surface area is 92.3 Å². The maximum atomic E-state index is 10.6. The second-order valence-corrected chi connectivity index (χ2v) is 4.01. The predicted molar refractivity (Wildman–Crippen MR) is 54.7 cm³/mol. The van der Waals surface area contributed by atoms with Gasteiger partial charge in [0.1, 0.15) is 6.10 Å². The Hall–Kier alpha value is -1.53. The van der Waals surface area contributed by atoms with E-state index in [0.717, 1.165) is 0 Å². The van der Waals surface area contributed by atoms with Crippen molar-refractivity contribution in [1.29, 1.82) is 0 Å². The van der Waals surface area contributed by atoms with E-state index in [1.165, 1.54) is 18.3 Å². The second-order valence-electron chi connectivity index (χ2n) is 4.01. The molecule has 0 radical (unpaired) electrons. The standard InChI is InChI=1S/C10H12N2O4/c1-10(2)15-6-9(16-10)8-5-7(12(13)14)3-4-11-8/h3-5,9H,6H2,1-2H3/t9-/m0/s1. The third-order valence-corrected chi connectivity index (χ3v) is 2.31.